The number of fused-ring (bicyclic) bond motifs is 1. The van der Waals surface area contributed by atoms with Crippen LogP contribution in [0, 0.1) is 10.8 Å². The van der Waals surface area contributed by atoms with Gasteiger partial charge in [0, 0.05) is 25.0 Å². The van der Waals surface area contributed by atoms with Gasteiger partial charge < -0.3 is 14.9 Å². The summed E-state index contributed by atoms with van der Waals surface area (Å²) in [5.41, 5.74) is 1.06. The second-order valence-corrected chi connectivity index (χ2v) is 7.44. The van der Waals surface area contributed by atoms with Crippen molar-refractivity contribution in [2.24, 2.45) is 10.8 Å². The zero-order valence-corrected chi connectivity index (χ0v) is 13.3. The van der Waals surface area contributed by atoms with Gasteiger partial charge >= 0.3 is 6.09 Å². The first-order valence-electron chi connectivity index (χ1n) is 7.11. The molecule has 0 radical (unpaired) electrons. The topological polar surface area (TPSA) is 56.7 Å². The number of rotatable bonds is 1. The third-order valence-electron chi connectivity index (χ3n) is 5.15. The smallest absolute Gasteiger partial charge is 0.407 e. The number of amides is 1. The lowest BCUT2D eigenvalue weighted by atomic mass is 9.58. The van der Waals surface area contributed by atoms with E-state index in [1.807, 2.05) is 6.07 Å². The predicted molar refractivity (Wildman–Crippen MR) is 81.9 cm³/mol. The van der Waals surface area contributed by atoms with Gasteiger partial charge in [-0.25, -0.2) is 9.78 Å². The number of carbonyl (C=O) groups is 1. The third-order valence-corrected chi connectivity index (χ3v) is 5.37. The van der Waals surface area contributed by atoms with Crippen LogP contribution in [0.15, 0.2) is 18.3 Å². The van der Waals surface area contributed by atoms with Crippen molar-refractivity contribution in [1.29, 1.82) is 0 Å². The molecule has 21 heavy (non-hydrogen) atoms. The SMILES string of the molecule is CC(C)(C)[C@@]12CN(c3ccc(Cl)nc3)C[C@@H]1N(C(=O)O)C2. The van der Waals surface area contributed by atoms with E-state index < -0.39 is 6.09 Å². The Kier molecular flexibility index (Phi) is 3.10. The van der Waals surface area contributed by atoms with Crippen LogP contribution >= 0.6 is 11.6 Å². The molecule has 0 spiro atoms. The molecule has 2 aliphatic heterocycles. The minimum atomic E-state index is -0.823. The molecule has 1 aromatic rings. The molecule has 0 unspecified atom stereocenters. The van der Waals surface area contributed by atoms with E-state index in [-0.39, 0.29) is 16.9 Å². The van der Waals surface area contributed by atoms with Crippen molar-refractivity contribution in [2.45, 2.75) is 26.8 Å². The fourth-order valence-electron chi connectivity index (χ4n) is 3.67. The molecule has 2 fully saturated rings. The molecule has 3 heterocycles. The highest BCUT2D eigenvalue weighted by Crippen LogP contribution is 2.55. The second-order valence-electron chi connectivity index (χ2n) is 7.05. The van der Waals surface area contributed by atoms with Gasteiger partial charge in [0.15, 0.2) is 0 Å². The highest BCUT2D eigenvalue weighted by molar-refractivity contribution is 6.29. The average Bonchev–Trinajstić information content (AvgIpc) is 2.64. The number of halogens is 1. The predicted octanol–water partition coefficient (Wildman–Crippen LogP) is 2.95. The lowest BCUT2D eigenvalue weighted by Crippen LogP contribution is -2.70. The Morgan fingerprint density at radius 2 is 2.14 bits per heavy atom. The molecule has 114 valence electrons. The van der Waals surface area contributed by atoms with Gasteiger partial charge in [-0.05, 0) is 17.5 Å². The summed E-state index contributed by atoms with van der Waals surface area (Å²) < 4.78 is 0. The van der Waals surface area contributed by atoms with E-state index in [9.17, 15) is 9.90 Å². The molecule has 1 N–H and O–H groups in total. The van der Waals surface area contributed by atoms with Crippen LogP contribution in [0.5, 0.6) is 0 Å². The van der Waals surface area contributed by atoms with E-state index in [1.54, 1.807) is 17.2 Å². The largest absolute Gasteiger partial charge is 0.465 e. The monoisotopic (exact) mass is 309 g/mol. The minimum Gasteiger partial charge on any atom is -0.465 e. The molecule has 0 bridgehead atoms. The first-order valence-corrected chi connectivity index (χ1v) is 7.48. The van der Waals surface area contributed by atoms with Gasteiger partial charge in [0.25, 0.3) is 0 Å². The summed E-state index contributed by atoms with van der Waals surface area (Å²) in [6.45, 7) is 8.77. The number of anilines is 1. The van der Waals surface area contributed by atoms with Gasteiger partial charge in [0.1, 0.15) is 5.15 Å². The van der Waals surface area contributed by atoms with Crippen LogP contribution in [-0.2, 0) is 0 Å². The molecule has 0 aromatic carbocycles. The number of likely N-dealkylation sites (tertiary alicyclic amines) is 1. The number of hydrogen-bond donors (Lipinski definition) is 1. The van der Waals surface area contributed by atoms with E-state index in [0.29, 0.717) is 18.2 Å². The van der Waals surface area contributed by atoms with Crippen molar-refractivity contribution in [1.82, 2.24) is 9.88 Å². The maximum absolute atomic E-state index is 11.4. The van der Waals surface area contributed by atoms with E-state index in [1.165, 1.54) is 0 Å². The van der Waals surface area contributed by atoms with Crippen molar-refractivity contribution in [3.8, 4) is 0 Å². The van der Waals surface area contributed by atoms with E-state index >= 15 is 0 Å². The molecule has 2 aliphatic rings. The molecular weight excluding hydrogens is 290 g/mol. The Hall–Kier alpha value is -1.49. The maximum atomic E-state index is 11.4. The Balaban J connectivity index is 1.89. The van der Waals surface area contributed by atoms with Gasteiger partial charge in [-0.3, -0.25) is 0 Å². The minimum absolute atomic E-state index is 0.00499. The lowest BCUT2D eigenvalue weighted by molar-refractivity contribution is -0.0901. The van der Waals surface area contributed by atoms with Crippen molar-refractivity contribution in [2.75, 3.05) is 24.5 Å². The standard InChI is InChI=1S/C15H20ClN3O2/c1-14(2,3)15-8-18(10-4-5-12(16)17-6-10)7-11(15)19(9-15)13(20)21/h4-6,11H,7-9H2,1-3H3,(H,20,21)/t11-,15+/m0/s1. The van der Waals surface area contributed by atoms with Crippen LogP contribution in [0.2, 0.25) is 5.15 Å². The molecule has 3 rings (SSSR count). The quantitative estimate of drug-likeness (QED) is 0.810. The molecule has 1 amide bonds. The van der Waals surface area contributed by atoms with Crippen LogP contribution in [0.1, 0.15) is 20.8 Å². The summed E-state index contributed by atoms with van der Waals surface area (Å²) >= 11 is 5.84. The normalized spacial score (nSPS) is 28.3. The Morgan fingerprint density at radius 1 is 1.43 bits per heavy atom. The van der Waals surface area contributed by atoms with Crippen LogP contribution in [0.4, 0.5) is 10.5 Å². The molecule has 2 atom stereocenters. The Bertz CT molecular complexity index is 569. The summed E-state index contributed by atoms with van der Waals surface area (Å²) in [7, 11) is 0. The summed E-state index contributed by atoms with van der Waals surface area (Å²) in [5.74, 6) is 0. The molecule has 5 nitrogen and oxygen atoms in total. The number of aromatic nitrogens is 1. The molecule has 0 saturated carbocycles. The Morgan fingerprint density at radius 3 is 2.67 bits per heavy atom. The van der Waals surface area contributed by atoms with E-state index in [0.717, 1.165) is 12.2 Å². The highest BCUT2D eigenvalue weighted by atomic mass is 35.5. The van der Waals surface area contributed by atoms with Gasteiger partial charge in [-0.1, -0.05) is 32.4 Å². The zero-order valence-electron chi connectivity index (χ0n) is 12.5. The second kappa shape index (κ2) is 4.50. The average molecular weight is 310 g/mol. The third kappa shape index (κ3) is 2.06. The molecular formula is C15H20ClN3O2. The van der Waals surface area contributed by atoms with Gasteiger partial charge in [0.2, 0.25) is 0 Å². The van der Waals surface area contributed by atoms with Crippen molar-refractivity contribution in [3.63, 3.8) is 0 Å². The van der Waals surface area contributed by atoms with Gasteiger partial charge in [-0.2, -0.15) is 0 Å². The summed E-state index contributed by atoms with van der Waals surface area (Å²) in [6.07, 6.45) is 0.935. The van der Waals surface area contributed by atoms with Crippen LogP contribution in [0.25, 0.3) is 0 Å². The highest BCUT2D eigenvalue weighted by Gasteiger charge is 2.64. The number of nitrogens with zero attached hydrogens (tertiary/aromatic N) is 3. The summed E-state index contributed by atoms with van der Waals surface area (Å²) in [6, 6.07) is 3.77. The van der Waals surface area contributed by atoms with E-state index in [4.69, 9.17) is 11.6 Å². The number of pyridine rings is 1. The Labute approximate surface area is 129 Å². The number of carboxylic acid groups (broad SMARTS) is 1. The zero-order chi connectivity index (χ0) is 15.4. The summed E-state index contributed by atoms with van der Waals surface area (Å²) in [5, 5.41) is 9.80. The molecule has 6 heteroatoms. The molecule has 1 aromatic heterocycles. The van der Waals surface area contributed by atoms with Crippen molar-refractivity contribution in [3.05, 3.63) is 23.5 Å². The summed E-state index contributed by atoms with van der Waals surface area (Å²) in [4.78, 5) is 19.3. The fraction of sp³-hybridized carbons (Fsp3) is 0.600. The lowest BCUT2D eigenvalue weighted by Gasteiger charge is -2.58. The van der Waals surface area contributed by atoms with Crippen LogP contribution in [-0.4, -0.2) is 46.8 Å². The van der Waals surface area contributed by atoms with Gasteiger partial charge in [-0.15, -0.1) is 0 Å². The van der Waals surface area contributed by atoms with Crippen molar-refractivity contribution >= 4 is 23.4 Å². The first kappa shape index (κ1) is 14.4. The molecule has 0 aliphatic carbocycles. The fourth-order valence-corrected chi connectivity index (χ4v) is 3.79. The first-order chi connectivity index (χ1) is 9.74. The van der Waals surface area contributed by atoms with Gasteiger partial charge in [0.05, 0.1) is 17.9 Å². The molecule has 2 saturated heterocycles. The van der Waals surface area contributed by atoms with Crippen molar-refractivity contribution < 1.29 is 9.90 Å². The maximum Gasteiger partial charge on any atom is 0.407 e. The van der Waals surface area contributed by atoms with Crippen LogP contribution < -0.4 is 4.90 Å². The number of hydrogen-bond acceptors (Lipinski definition) is 3. The van der Waals surface area contributed by atoms with Crippen LogP contribution in [0.3, 0.4) is 0 Å². The van der Waals surface area contributed by atoms with E-state index in [2.05, 4.69) is 30.7 Å².